The van der Waals surface area contributed by atoms with Crippen LogP contribution in [0.2, 0.25) is 0 Å². The second-order valence-electron chi connectivity index (χ2n) is 3.49. The summed E-state index contributed by atoms with van der Waals surface area (Å²) in [6, 6.07) is 2.54. The van der Waals surface area contributed by atoms with Gasteiger partial charge in [0.15, 0.2) is 0 Å². The number of hydrogen-bond acceptors (Lipinski definition) is 2. The second-order valence-corrected chi connectivity index (χ2v) is 3.49. The normalized spacial score (nSPS) is 11.3. The van der Waals surface area contributed by atoms with E-state index < -0.39 is 17.7 Å². The second kappa shape index (κ2) is 5.07. The number of hydrogen-bond donors (Lipinski definition) is 2. The Morgan fingerprint density at radius 2 is 2.06 bits per heavy atom. The molecule has 1 aromatic rings. The highest BCUT2D eigenvalue weighted by Gasteiger charge is 2.31. The van der Waals surface area contributed by atoms with Gasteiger partial charge in [-0.05, 0) is 24.6 Å². The SMILES string of the molecule is CCCNc1cc(C(F)(F)F)ccc1C(=O)O. The molecule has 0 radical (unpaired) electrons. The number of carboxylic acids is 1. The van der Waals surface area contributed by atoms with Gasteiger partial charge in [0, 0.05) is 12.2 Å². The van der Waals surface area contributed by atoms with Crippen molar-refractivity contribution in [3.05, 3.63) is 29.3 Å². The molecule has 0 aliphatic carbocycles. The van der Waals surface area contributed by atoms with E-state index in [9.17, 15) is 18.0 Å². The van der Waals surface area contributed by atoms with Crippen molar-refractivity contribution in [2.75, 3.05) is 11.9 Å². The Kier molecular flexibility index (Phi) is 3.98. The number of benzene rings is 1. The molecule has 6 heteroatoms. The third-order valence-corrected chi connectivity index (χ3v) is 2.14. The fraction of sp³-hybridized carbons (Fsp3) is 0.364. The molecule has 1 aromatic carbocycles. The molecule has 0 aromatic heterocycles. The summed E-state index contributed by atoms with van der Waals surface area (Å²) >= 11 is 0. The number of carbonyl (C=O) groups is 1. The number of rotatable bonds is 4. The number of aromatic carboxylic acids is 1. The van der Waals surface area contributed by atoms with Gasteiger partial charge in [0.25, 0.3) is 0 Å². The summed E-state index contributed by atoms with van der Waals surface area (Å²) in [5.41, 5.74) is -1.03. The number of nitrogens with one attached hydrogen (secondary N) is 1. The van der Waals surface area contributed by atoms with E-state index in [-0.39, 0.29) is 11.3 Å². The molecule has 2 N–H and O–H groups in total. The lowest BCUT2D eigenvalue weighted by Crippen LogP contribution is -2.11. The van der Waals surface area contributed by atoms with Crippen LogP contribution in [-0.4, -0.2) is 17.6 Å². The molecule has 0 fully saturated rings. The van der Waals surface area contributed by atoms with Crippen LogP contribution in [0.3, 0.4) is 0 Å². The smallest absolute Gasteiger partial charge is 0.416 e. The lowest BCUT2D eigenvalue weighted by atomic mass is 10.1. The third kappa shape index (κ3) is 3.37. The molecular formula is C11H12F3NO2. The molecule has 0 unspecified atom stereocenters. The van der Waals surface area contributed by atoms with E-state index >= 15 is 0 Å². The molecule has 0 saturated heterocycles. The van der Waals surface area contributed by atoms with Gasteiger partial charge in [-0.15, -0.1) is 0 Å². The molecule has 1 rings (SSSR count). The van der Waals surface area contributed by atoms with Crippen LogP contribution in [0.5, 0.6) is 0 Å². The molecule has 94 valence electrons. The maximum absolute atomic E-state index is 12.4. The maximum Gasteiger partial charge on any atom is 0.416 e. The van der Waals surface area contributed by atoms with Crippen LogP contribution >= 0.6 is 0 Å². The van der Waals surface area contributed by atoms with Gasteiger partial charge in [-0.25, -0.2) is 4.79 Å². The summed E-state index contributed by atoms with van der Waals surface area (Å²) in [6.45, 7) is 2.25. The predicted octanol–water partition coefficient (Wildman–Crippen LogP) is 3.23. The van der Waals surface area contributed by atoms with Gasteiger partial charge < -0.3 is 10.4 Å². The first-order chi connectivity index (χ1) is 7.86. The zero-order chi connectivity index (χ0) is 13.1. The van der Waals surface area contributed by atoms with Gasteiger partial charge in [-0.3, -0.25) is 0 Å². The first kappa shape index (κ1) is 13.3. The van der Waals surface area contributed by atoms with Crippen molar-refractivity contribution in [1.82, 2.24) is 0 Å². The van der Waals surface area contributed by atoms with Crippen LogP contribution in [0.15, 0.2) is 18.2 Å². The lowest BCUT2D eigenvalue weighted by Gasteiger charge is -2.12. The van der Waals surface area contributed by atoms with Gasteiger partial charge in [-0.2, -0.15) is 13.2 Å². The van der Waals surface area contributed by atoms with Crippen molar-refractivity contribution in [3.8, 4) is 0 Å². The number of anilines is 1. The van der Waals surface area contributed by atoms with Crippen molar-refractivity contribution in [2.24, 2.45) is 0 Å². The first-order valence-electron chi connectivity index (χ1n) is 5.04. The van der Waals surface area contributed by atoms with Crippen LogP contribution in [0, 0.1) is 0 Å². The summed E-state index contributed by atoms with van der Waals surface area (Å²) < 4.78 is 37.3. The summed E-state index contributed by atoms with van der Waals surface area (Å²) in [6.07, 6.45) is -3.78. The van der Waals surface area contributed by atoms with Gasteiger partial charge >= 0.3 is 12.1 Å². The lowest BCUT2D eigenvalue weighted by molar-refractivity contribution is -0.137. The van der Waals surface area contributed by atoms with E-state index in [4.69, 9.17) is 5.11 Å². The van der Waals surface area contributed by atoms with Gasteiger partial charge in [0.1, 0.15) is 0 Å². The predicted molar refractivity (Wildman–Crippen MR) is 57.2 cm³/mol. The van der Waals surface area contributed by atoms with Crippen molar-refractivity contribution >= 4 is 11.7 Å². The zero-order valence-corrected chi connectivity index (χ0v) is 9.14. The van der Waals surface area contributed by atoms with E-state index in [1.807, 2.05) is 6.92 Å². The quantitative estimate of drug-likeness (QED) is 0.858. The number of carboxylic acid groups (broad SMARTS) is 1. The van der Waals surface area contributed by atoms with E-state index in [0.717, 1.165) is 18.2 Å². The molecule has 0 spiro atoms. The highest BCUT2D eigenvalue weighted by Crippen LogP contribution is 2.32. The summed E-state index contributed by atoms with van der Waals surface area (Å²) in [4.78, 5) is 10.8. The fourth-order valence-electron chi connectivity index (χ4n) is 1.31. The zero-order valence-electron chi connectivity index (χ0n) is 9.14. The Bertz CT molecular complexity index is 416. The van der Waals surface area contributed by atoms with Crippen LogP contribution < -0.4 is 5.32 Å². The minimum Gasteiger partial charge on any atom is -0.478 e. The van der Waals surface area contributed by atoms with Crippen molar-refractivity contribution in [1.29, 1.82) is 0 Å². The van der Waals surface area contributed by atoms with Crippen LogP contribution in [0.1, 0.15) is 29.3 Å². The Morgan fingerprint density at radius 1 is 1.41 bits per heavy atom. The van der Waals surface area contributed by atoms with E-state index in [0.29, 0.717) is 13.0 Å². The molecule has 17 heavy (non-hydrogen) atoms. The Balaban J connectivity index is 3.14. The summed E-state index contributed by atoms with van der Waals surface area (Å²) in [7, 11) is 0. The first-order valence-corrected chi connectivity index (χ1v) is 5.04. The minimum atomic E-state index is -4.47. The fourth-order valence-corrected chi connectivity index (χ4v) is 1.31. The van der Waals surface area contributed by atoms with E-state index in [2.05, 4.69) is 5.32 Å². The minimum absolute atomic E-state index is 0.00539. The summed E-state index contributed by atoms with van der Waals surface area (Å²) in [5.74, 6) is -1.25. The molecule has 0 amide bonds. The van der Waals surface area contributed by atoms with Crippen LogP contribution in [0.4, 0.5) is 18.9 Å². The number of halogens is 3. The van der Waals surface area contributed by atoms with Crippen molar-refractivity contribution < 1.29 is 23.1 Å². The highest BCUT2D eigenvalue weighted by molar-refractivity contribution is 5.94. The maximum atomic E-state index is 12.4. The molecule has 3 nitrogen and oxygen atoms in total. The van der Waals surface area contributed by atoms with Crippen molar-refractivity contribution in [2.45, 2.75) is 19.5 Å². The van der Waals surface area contributed by atoms with Gasteiger partial charge in [-0.1, -0.05) is 6.92 Å². The monoisotopic (exact) mass is 247 g/mol. The average molecular weight is 247 g/mol. The topological polar surface area (TPSA) is 49.3 Å². The Morgan fingerprint density at radius 3 is 2.53 bits per heavy atom. The molecule has 0 aliphatic rings. The third-order valence-electron chi connectivity index (χ3n) is 2.14. The standard InChI is InChI=1S/C11H12F3NO2/c1-2-5-15-9-6-7(11(12,13)14)3-4-8(9)10(16)17/h3-4,6,15H,2,5H2,1H3,(H,16,17). The molecule has 0 atom stereocenters. The molecular weight excluding hydrogens is 235 g/mol. The highest BCUT2D eigenvalue weighted by atomic mass is 19.4. The van der Waals surface area contributed by atoms with Gasteiger partial charge in [0.2, 0.25) is 0 Å². The van der Waals surface area contributed by atoms with Gasteiger partial charge in [0.05, 0.1) is 11.1 Å². The molecule has 0 saturated carbocycles. The van der Waals surface area contributed by atoms with Crippen molar-refractivity contribution in [3.63, 3.8) is 0 Å². The Labute approximate surface area is 96.3 Å². The number of alkyl halides is 3. The van der Waals surface area contributed by atoms with E-state index in [1.54, 1.807) is 0 Å². The van der Waals surface area contributed by atoms with E-state index in [1.165, 1.54) is 0 Å². The molecule has 0 aliphatic heterocycles. The summed E-state index contributed by atoms with van der Waals surface area (Å²) in [5, 5.41) is 11.5. The average Bonchev–Trinajstić information content (AvgIpc) is 2.24. The van der Waals surface area contributed by atoms with Crippen LogP contribution in [-0.2, 0) is 6.18 Å². The molecule has 0 bridgehead atoms. The molecule has 0 heterocycles. The van der Waals surface area contributed by atoms with Crippen LogP contribution in [0.25, 0.3) is 0 Å². The largest absolute Gasteiger partial charge is 0.478 e. The Hall–Kier alpha value is -1.72.